The molecule has 2 N–H and O–H groups in total. The molecule has 132 valence electrons. The summed E-state index contributed by atoms with van der Waals surface area (Å²) in [5.41, 5.74) is 2.44. The third-order valence-electron chi connectivity index (χ3n) is 3.66. The van der Waals surface area contributed by atoms with Crippen molar-refractivity contribution in [2.24, 2.45) is 0 Å². The third-order valence-corrected chi connectivity index (χ3v) is 3.66. The number of methoxy groups -OCH3 is 1. The van der Waals surface area contributed by atoms with E-state index in [1.54, 1.807) is 25.3 Å². The SMILES string of the molecule is COCc1ccccc1CNC(=O)CCNc1ccccc1[N+](=O)[O-]. The minimum absolute atomic E-state index is 0.00333. The van der Waals surface area contributed by atoms with Crippen LogP contribution in [0.1, 0.15) is 17.5 Å². The maximum absolute atomic E-state index is 12.0. The van der Waals surface area contributed by atoms with Crippen molar-refractivity contribution in [3.05, 3.63) is 69.8 Å². The maximum atomic E-state index is 12.0. The van der Waals surface area contributed by atoms with E-state index in [9.17, 15) is 14.9 Å². The molecule has 0 fully saturated rings. The molecular formula is C18H21N3O4. The zero-order chi connectivity index (χ0) is 18.1. The topological polar surface area (TPSA) is 93.5 Å². The molecule has 7 nitrogen and oxygen atoms in total. The molecule has 0 aliphatic heterocycles. The minimum atomic E-state index is -0.449. The predicted molar refractivity (Wildman–Crippen MR) is 95.2 cm³/mol. The smallest absolute Gasteiger partial charge is 0.292 e. The van der Waals surface area contributed by atoms with Crippen LogP contribution in [0.5, 0.6) is 0 Å². The molecule has 0 aromatic heterocycles. The van der Waals surface area contributed by atoms with Gasteiger partial charge in [-0.25, -0.2) is 0 Å². The summed E-state index contributed by atoms with van der Waals surface area (Å²) in [6.45, 7) is 1.23. The standard InChI is InChI=1S/C18H21N3O4/c1-25-13-15-7-3-2-6-14(15)12-20-18(22)10-11-19-16-8-4-5-9-17(16)21(23)24/h2-9,19H,10-13H2,1H3,(H,20,22). The van der Waals surface area contributed by atoms with E-state index in [4.69, 9.17) is 4.74 Å². The fraction of sp³-hybridized carbons (Fsp3) is 0.278. The number of nitro groups is 1. The van der Waals surface area contributed by atoms with Gasteiger partial charge in [-0.3, -0.25) is 14.9 Å². The lowest BCUT2D eigenvalue weighted by molar-refractivity contribution is -0.384. The Labute approximate surface area is 146 Å². The Morgan fingerprint density at radius 2 is 1.80 bits per heavy atom. The lowest BCUT2D eigenvalue weighted by Gasteiger charge is -2.11. The number of nitro benzene ring substituents is 1. The molecule has 0 saturated carbocycles. The van der Waals surface area contributed by atoms with Gasteiger partial charge in [-0.2, -0.15) is 0 Å². The number of carbonyl (C=O) groups is 1. The average Bonchev–Trinajstić information content (AvgIpc) is 2.61. The summed E-state index contributed by atoms with van der Waals surface area (Å²) in [7, 11) is 1.63. The molecule has 0 bridgehead atoms. The van der Waals surface area contributed by atoms with Gasteiger partial charge in [0.25, 0.3) is 5.69 Å². The van der Waals surface area contributed by atoms with E-state index in [0.29, 0.717) is 25.4 Å². The highest BCUT2D eigenvalue weighted by molar-refractivity contribution is 5.76. The first-order valence-electron chi connectivity index (χ1n) is 7.91. The number of rotatable bonds is 9. The molecule has 0 aliphatic carbocycles. The Hall–Kier alpha value is -2.93. The van der Waals surface area contributed by atoms with Crippen LogP contribution >= 0.6 is 0 Å². The molecule has 0 spiro atoms. The van der Waals surface area contributed by atoms with Crippen molar-refractivity contribution in [1.82, 2.24) is 5.32 Å². The van der Waals surface area contributed by atoms with Crippen molar-refractivity contribution in [1.29, 1.82) is 0 Å². The second-order valence-electron chi connectivity index (χ2n) is 5.43. The summed E-state index contributed by atoms with van der Waals surface area (Å²) in [6, 6.07) is 14.1. The minimum Gasteiger partial charge on any atom is -0.380 e. The van der Waals surface area contributed by atoms with Crippen LogP contribution in [-0.4, -0.2) is 24.5 Å². The van der Waals surface area contributed by atoms with Gasteiger partial charge in [-0.15, -0.1) is 0 Å². The van der Waals surface area contributed by atoms with Crippen LogP contribution < -0.4 is 10.6 Å². The number of nitrogens with zero attached hydrogens (tertiary/aromatic N) is 1. The Kier molecular flexibility index (Phi) is 6.91. The average molecular weight is 343 g/mol. The maximum Gasteiger partial charge on any atom is 0.292 e. The summed E-state index contributed by atoms with van der Waals surface area (Å²) < 4.78 is 5.14. The lowest BCUT2D eigenvalue weighted by atomic mass is 10.1. The highest BCUT2D eigenvalue weighted by Crippen LogP contribution is 2.22. The number of para-hydroxylation sites is 2. The second kappa shape index (κ2) is 9.39. The highest BCUT2D eigenvalue weighted by Gasteiger charge is 2.12. The molecule has 0 atom stereocenters. The number of hydrogen-bond acceptors (Lipinski definition) is 5. The van der Waals surface area contributed by atoms with Crippen molar-refractivity contribution in [3.63, 3.8) is 0 Å². The molecule has 1 amide bonds. The van der Waals surface area contributed by atoms with Crippen LogP contribution in [0.3, 0.4) is 0 Å². The van der Waals surface area contributed by atoms with Gasteiger partial charge < -0.3 is 15.4 Å². The Morgan fingerprint density at radius 3 is 2.52 bits per heavy atom. The van der Waals surface area contributed by atoms with E-state index in [0.717, 1.165) is 11.1 Å². The molecule has 7 heteroatoms. The summed E-state index contributed by atoms with van der Waals surface area (Å²) >= 11 is 0. The summed E-state index contributed by atoms with van der Waals surface area (Å²) in [5.74, 6) is -0.127. The fourth-order valence-electron chi connectivity index (χ4n) is 2.40. The van der Waals surface area contributed by atoms with Gasteiger partial charge in [-0.1, -0.05) is 36.4 Å². The molecule has 25 heavy (non-hydrogen) atoms. The van der Waals surface area contributed by atoms with E-state index < -0.39 is 4.92 Å². The van der Waals surface area contributed by atoms with E-state index in [-0.39, 0.29) is 18.0 Å². The monoisotopic (exact) mass is 343 g/mol. The number of carbonyl (C=O) groups excluding carboxylic acids is 1. The zero-order valence-electron chi connectivity index (χ0n) is 14.0. The first-order chi connectivity index (χ1) is 12.1. The number of amides is 1. The quantitative estimate of drug-likeness (QED) is 0.539. The van der Waals surface area contributed by atoms with Crippen molar-refractivity contribution in [3.8, 4) is 0 Å². The van der Waals surface area contributed by atoms with Crippen LogP contribution in [0, 0.1) is 10.1 Å². The molecule has 0 unspecified atom stereocenters. The molecule has 0 radical (unpaired) electrons. The van der Waals surface area contributed by atoms with E-state index in [1.807, 2.05) is 24.3 Å². The summed E-state index contributed by atoms with van der Waals surface area (Å²) in [4.78, 5) is 22.5. The normalized spacial score (nSPS) is 10.3. The molecule has 0 aliphatic rings. The molecular weight excluding hydrogens is 322 g/mol. The third kappa shape index (κ3) is 5.58. The second-order valence-corrected chi connectivity index (χ2v) is 5.43. The van der Waals surface area contributed by atoms with Crippen molar-refractivity contribution in [2.75, 3.05) is 19.0 Å². The Bertz CT molecular complexity index is 734. The number of nitrogens with one attached hydrogen (secondary N) is 2. The highest BCUT2D eigenvalue weighted by atomic mass is 16.6. The largest absolute Gasteiger partial charge is 0.380 e. The van der Waals surface area contributed by atoms with Crippen molar-refractivity contribution in [2.45, 2.75) is 19.6 Å². The Balaban J connectivity index is 1.81. The van der Waals surface area contributed by atoms with Gasteiger partial charge in [0.2, 0.25) is 5.91 Å². The van der Waals surface area contributed by atoms with Crippen molar-refractivity contribution >= 4 is 17.3 Å². The summed E-state index contributed by atoms with van der Waals surface area (Å²) in [6.07, 6.45) is 0.221. The van der Waals surface area contributed by atoms with Crippen LogP contribution in [-0.2, 0) is 22.7 Å². The fourth-order valence-corrected chi connectivity index (χ4v) is 2.40. The van der Waals surface area contributed by atoms with Gasteiger partial charge in [0.15, 0.2) is 0 Å². The van der Waals surface area contributed by atoms with E-state index in [1.165, 1.54) is 6.07 Å². The molecule has 2 rings (SSSR count). The molecule has 0 heterocycles. The Morgan fingerprint density at radius 1 is 1.12 bits per heavy atom. The predicted octanol–water partition coefficient (Wildman–Crippen LogP) is 2.86. The van der Waals surface area contributed by atoms with Crippen LogP contribution in [0.4, 0.5) is 11.4 Å². The first-order valence-corrected chi connectivity index (χ1v) is 7.91. The molecule has 0 saturated heterocycles. The van der Waals surface area contributed by atoms with E-state index in [2.05, 4.69) is 10.6 Å². The summed E-state index contributed by atoms with van der Waals surface area (Å²) in [5, 5.41) is 16.7. The van der Waals surface area contributed by atoms with Gasteiger partial charge in [-0.05, 0) is 17.2 Å². The van der Waals surface area contributed by atoms with Crippen LogP contribution in [0.15, 0.2) is 48.5 Å². The van der Waals surface area contributed by atoms with Gasteiger partial charge in [0.1, 0.15) is 5.69 Å². The first kappa shape index (κ1) is 18.4. The van der Waals surface area contributed by atoms with E-state index >= 15 is 0 Å². The van der Waals surface area contributed by atoms with Gasteiger partial charge in [0.05, 0.1) is 11.5 Å². The van der Waals surface area contributed by atoms with Gasteiger partial charge >= 0.3 is 0 Å². The lowest BCUT2D eigenvalue weighted by Crippen LogP contribution is -2.25. The number of hydrogen-bond donors (Lipinski definition) is 2. The van der Waals surface area contributed by atoms with Crippen LogP contribution in [0.2, 0.25) is 0 Å². The molecule has 2 aromatic rings. The van der Waals surface area contributed by atoms with Crippen molar-refractivity contribution < 1.29 is 14.5 Å². The number of benzene rings is 2. The van der Waals surface area contributed by atoms with Crippen LogP contribution in [0.25, 0.3) is 0 Å². The number of ether oxygens (including phenoxy) is 1. The van der Waals surface area contributed by atoms with Gasteiger partial charge in [0, 0.05) is 32.7 Å². The molecule has 2 aromatic carbocycles. The zero-order valence-corrected chi connectivity index (χ0v) is 14.0. The number of anilines is 1.